The standard InChI is InChI=1S/C29H32N6O2.C28H30FN7O2.C26H25FN6O2/c1-29(2,37)18-5-4-13-35(17-18)19-6-9-25(31-15-19)33-24-8-7-20(23-16-32-28(36)26(23)24)21-10-12-30-27-22(21)11-14-34(27)3;1-16-8-10-36-21(14-32-26(36)24(16)29)25-19-12-33-27(37)23(19)20(13-31-25)34-22-7-6-18(11-30-22)35-9-4-5-17(15-35)28(2,3)38;1-15-6-11-33-21(14-29-25(33)24(15)27)18-3-4-20(23-19(18)13-30-26(23)35)31-22-5-2-16(12-28-22)32-9-7-17(34)8-10-32/h6-12,14-15,18,37H,4-5,13,16-17H2,1-3H3,(H,31,33)(H,32,36);6-8,10-11,13-14,17,38H,4-5,9,12,15H2,1-3H3,(H,30,34)(H,33,37);2-6,11-12,14,17,34H,7-10,13H2,1H3,(H,28,31)(H,30,35)/t18-;17-;/m10./s1. The topological polar surface area (TPSA) is 298 Å². The zero-order chi connectivity index (χ0) is 76.4. The highest BCUT2D eigenvalue weighted by molar-refractivity contribution is 6.09. The Balaban J connectivity index is 0.000000125. The Bertz CT molecular complexity index is 5550. The minimum atomic E-state index is -0.718. The van der Waals surface area contributed by atoms with E-state index in [4.69, 9.17) is 0 Å². The lowest BCUT2D eigenvalue weighted by Crippen LogP contribution is -2.44. The van der Waals surface area contributed by atoms with E-state index < -0.39 is 11.2 Å². The Morgan fingerprint density at radius 3 is 1.45 bits per heavy atom. The number of carbonyl (C=O) groups excluding carboxylic acids is 3. The fourth-order valence-corrected chi connectivity index (χ4v) is 16.0. The Morgan fingerprint density at radius 2 is 0.936 bits per heavy atom. The maximum atomic E-state index is 14.6. The number of anilines is 9. The molecule has 0 spiro atoms. The number of carbonyl (C=O) groups is 3. The summed E-state index contributed by atoms with van der Waals surface area (Å²) in [6, 6.07) is 27.1. The zero-order valence-corrected chi connectivity index (χ0v) is 62.3. The number of benzene rings is 2. The summed E-state index contributed by atoms with van der Waals surface area (Å²) in [7, 11) is 1.98. The van der Waals surface area contributed by atoms with Crippen LogP contribution in [0.1, 0.15) is 125 Å². The number of hydrogen-bond donors (Lipinski definition) is 9. The second-order valence-electron chi connectivity index (χ2n) is 30.4. The van der Waals surface area contributed by atoms with E-state index in [9.17, 15) is 38.5 Å². The molecule has 3 saturated heterocycles. The van der Waals surface area contributed by atoms with Crippen molar-refractivity contribution in [2.24, 2.45) is 18.9 Å². The van der Waals surface area contributed by atoms with Crippen LogP contribution in [0.3, 0.4) is 0 Å². The summed E-state index contributed by atoms with van der Waals surface area (Å²) in [6.07, 6.45) is 23.1. The fourth-order valence-electron chi connectivity index (χ4n) is 16.0. The van der Waals surface area contributed by atoms with Gasteiger partial charge in [-0.15, -0.1) is 0 Å². The number of halogens is 2. The molecule has 0 radical (unpaired) electrons. The summed E-state index contributed by atoms with van der Waals surface area (Å²) in [5.74, 6) is 1.17. The SMILES string of the molecule is Cc1ccn2c(-c3ccc(Nc4ccc(N5CCC(O)CC5)cn4)c4c3CNC4=O)cnc2c1F.Cc1ccn2c(-c3ncc(Nc4ccc(N5CCC[C@H](C(C)(C)O)C5)cn4)c4c3CNC4=O)cnc2c1F.Cn1ccc2c(-c3ccc(Nc4ccc(N5CCC[C@@H](C(C)(C)O)C5)cn4)c4c3CNC4=O)ccnc21. The molecule has 9 N–H and O–H groups in total. The number of piperidine rings is 3. The van der Waals surface area contributed by atoms with E-state index in [1.165, 1.54) is 0 Å². The van der Waals surface area contributed by atoms with Gasteiger partial charge in [0.25, 0.3) is 17.7 Å². The van der Waals surface area contributed by atoms with Gasteiger partial charge in [-0.2, -0.15) is 0 Å². The van der Waals surface area contributed by atoms with Gasteiger partial charge in [0.15, 0.2) is 22.9 Å². The first-order valence-electron chi connectivity index (χ1n) is 37.4. The van der Waals surface area contributed by atoms with Crippen molar-refractivity contribution in [2.75, 3.05) is 69.9 Å². The van der Waals surface area contributed by atoms with Gasteiger partial charge in [0, 0.05) is 119 Å². The Labute approximate surface area is 633 Å². The lowest BCUT2D eigenvalue weighted by molar-refractivity contribution is 0.0106. The Morgan fingerprint density at radius 1 is 0.464 bits per heavy atom. The molecular formula is C83H87F2N19O6. The van der Waals surface area contributed by atoms with Gasteiger partial charge in [0.05, 0.1) is 122 Å². The lowest BCUT2D eigenvalue weighted by atomic mass is 9.84. The molecule has 3 fully saturated rings. The molecule has 6 aliphatic heterocycles. The molecule has 27 heteroatoms. The van der Waals surface area contributed by atoms with Crippen molar-refractivity contribution in [3.05, 3.63) is 203 Å². The smallest absolute Gasteiger partial charge is 0.254 e. The van der Waals surface area contributed by atoms with Crippen LogP contribution in [0.2, 0.25) is 0 Å². The van der Waals surface area contributed by atoms with Gasteiger partial charge in [-0.05, 0) is 186 Å². The van der Waals surface area contributed by atoms with Crippen LogP contribution < -0.4 is 46.6 Å². The van der Waals surface area contributed by atoms with Crippen LogP contribution in [-0.4, -0.2) is 138 Å². The number of rotatable bonds is 14. The number of amides is 3. The predicted octanol–water partition coefficient (Wildman–Crippen LogP) is 12.6. The van der Waals surface area contributed by atoms with Crippen molar-refractivity contribution in [3.8, 4) is 33.8 Å². The molecule has 564 valence electrons. The van der Waals surface area contributed by atoms with Gasteiger partial charge in [-0.25, -0.2) is 38.7 Å². The largest absolute Gasteiger partial charge is 0.393 e. The molecular weight excluding hydrogens is 1400 g/mol. The molecule has 0 unspecified atom stereocenters. The first-order chi connectivity index (χ1) is 53.0. The summed E-state index contributed by atoms with van der Waals surface area (Å²) in [6.45, 7) is 17.2. The van der Waals surface area contributed by atoms with Gasteiger partial charge in [0.2, 0.25) is 0 Å². The van der Waals surface area contributed by atoms with Crippen molar-refractivity contribution in [2.45, 2.75) is 117 Å². The van der Waals surface area contributed by atoms with Gasteiger partial charge < -0.3 is 66.5 Å². The predicted molar refractivity (Wildman–Crippen MR) is 421 cm³/mol. The van der Waals surface area contributed by atoms with Crippen LogP contribution >= 0.6 is 0 Å². The highest BCUT2D eigenvalue weighted by Gasteiger charge is 2.36. The van der Waals surface area contributed by atoms with Crippen LogP contribution in [0.4, 0.5) is 60.4 Å². The normalized spacial score (nSPS) is 17.1. The van der Waals surface area contributed by atoms with E-state index in [0.717, 1.165) is 151 Å². The number of aromatic nitrogens is 10. The molecule has 16 heterocycles. The Hall–Kier alpha value is -11.9. The molecule has 18 rings (SSSR count). The van der Waals surface area contributed by atoms with E-state index in [2.05, 4.69) is 99.7 Å². The first kappa shape index (κ1) is 72.3. The van der Waals surface area contributed by atoms with Crippen LogP contribution in [0.25, 0.3) is 56.1 Å². The van der Waals surface area contributed by atoms with E-state index >= 15 is 0 Å². The molecule has 2 aromatic carbocycles. The summed E-state index contributed by atoms with van der Waals surface area (Å²) in [4.78, 5) is 76.7. The lowest BCUT2D eigenvalue weighted by Gasteiger charge is -2.39. The fraction of sp³-hybridized carbons (Fsp3) is 0.325. The second-order valence-corrected chi connectivity index (χ2v) is 30.4. The molecule has 25 nitrogen and oxygen atoms in total. The van der Waals surface area contributed by atoms with Crippen molar-refractivity contribution in [3.63, 3.8) is 0 Å². The molecule has 2 atom stereocenters. The second kappa shape index (κ2) is 29.2. The third-order valence-electron chi connectivity index (χ3n) is 22.4. The summed E-state index contributed by atoms with van der Waals surface area (Å²) in [5.41, 5.74) is 15.2. The van der Waals surface area contributed by atoms with Gasteiger partial charge >= 0.3 is 0 Å². The average Bonchev–Trinajstić information content (AvgIpc) is 1.60. The quantitative estimate of drug-likeness (QED) is 0.0489. The van der Waals surface area contributed by atoms with Crippen LogP contribution in [0, 0.1) is 37.3 Å². The molecule has 0 aliphatic carbocycles. The number of aliphatic hydroxyl groups excluding tert-OH is 1. The molecule has 110 heavy (non-hydrogen) atoms. The van der Waals surface area contributed by atoms with Crippen LogP contribution in [0.5, 0.6) is 0 Å². The number of imidazole rings is 2. The molecule has 10 aromatic heterocycles. The average molecular weight is 1480 g/mol. The number of fused-ring (bicyclic) bond motifs is 6. The maximum absolute atomic E-state index is 14.6. The minimum Gasteiger partial charge on any atom is -0.393 e. The highest BCUT2D eigenvalue weighted by Crippen LogP contribution is 2.42. The van der Waals surface area contributed by atoms with Crippen molar-refractivity contribution < 1.29 is 38.5 Å². The maximum Gasteiger partial charge on any atom is 0.254 e. The number of aryl methyl sites for hydroxylation is 3. The van der Waals surface area contributed by atoms with Gasteiger partial charge in [-0.1, -0.05) is 12.1 Å². The van der Waals surface area contributed by atoms with E-state index in [1.54, 1.807) is 65.8 Å². The monoisotopic (exact) mass is 1480 g/mol. The Kier molecular flexibility index (Phi) is 19.2. The van der Waals surface area contributed by atoms with E-state index in [0.29, 0.717) is 87.7 Å². The highest BCUT2D eigenvalue weighted by atomic mass is 19.1. The number of aliphatic hydroxyl groups is 3. The molecule has 6 aliphatic rings. The van der Waals surface area contributed by atoms with E-state index in [-0.39, 0.29) is 58.6 Å². The number of pyridine rings is 7. The van der Waals surface area contributed by atoms with E-state index in [1.807, 2.05) is 125 Å². The van der Waals surface area contributed by atoms with Crippen molar-refractivity contribution in [1.29, 1.82) is 0 Å². The summed E-state index contributed by atoms with van der Waals surface area (Å²) < 4.78 is 34.5. The third kappa shape index (κ3) is 14.0. The summed E-state index contributed by atoms with van der Waals surface area (Å²) in [5, 5.41) is 50.4. The zero-order valence-electron chi connectivity index (χ0n) is 62.3. The first-order valence-corrected chi connectivity index (χ1v) is 37.4. The third-order valence-corrected chi connectivity index (χ3v) is 22.4. The molecule has 0 saturated carbocycles. The number of nitrogens with one attached hydrogen (secondary N) is 6. The molecule has 12 aromatic rings. The molecule has 3 amide bonds. The van der Waals surface area contributed by atoms with Gasteiger partial charge in [-0.3, -0.25) is 28.2 Å². The van der Waals surface area contributed by atoms with Crippen LogP contribution in [0.15, 0.2) is 147 Å². The number of nitrogens with zero attached hydrogens (tertiary/aromatic N) is 13. The van der Waals surface area contributed by atoms with Crippen molar-refractivity contribution >= 4 is 91.6 Å². The number of hydrogen-bond acceptors (Lipinski definition) is 19. The minimum absolute atomic E-state index is 0.0830. The molecule has 0 bridgehead atoms. The summed E-state index contributed by atoms with van der Waals surface area (Å²) >= 11 is 0. The van der Waals surface area contributed by atoms with Crippen LogP contribution in [-0.2, 0) is 26.7 Å². The van der Waals surface area contributed by atoms with Crippen molar-refractivity contribution in [1.82, 2.24) is 64.2 Å². The van der Waals surface area contributed by atoms with Gasteiger partial charge in [0.1, 0.15) is 23.1 Å².